The Morgan fingerprint density at radius 1 is 1.69 bits per heavy atom. The van der Waals surface area contributed by atoms with Crippen molar-refractivity contribution in [1.82, 2.24) is 0 Å². The normalized spacial score (nSPS) is 17.4. The van der Waals surface area contributed by atoms with Gasteiger partial charge in [0.05, 0.1) is 0 Å². The minimum Gasteiger partial charge on any atom is -0.490 e. The number of hydrogen-bond donors (Lipinski definition) is 2. The number of hydrogen-bond acceptors (Lipinski definition) is 3. The van der Waals surface area contributed by atoms with Crippen molar-refractivity contribution in [3.63, 3.8) is 0 Å². The highest BCUT2D eigenvalue weighted by atomic mass is 16.5. The van der Waals surface area contributed by atoms with Gasteiger partial charge in [-0.05, 0) is 23.8 Å². The van der Waals surface area contributed by atoms with E-state index in [0.29, 0.717) is 13.0 Å². The molecule has 1 aromatic rings. The Morgan fingerprint density at radius 2 is 2.50 bits per heavy atom. The van der Waals surface area contributed by atoms with Crippen molar-refractivity contribution in [3.05, 3.63) is 36.4 Å². The number of carboxylic acids is 1. The van der Waals surface area contributed by atoms with Crippen LogP contribution in [0.4, 0.5) is 5.69 Å². The molecule has 2 N–H and O–H groups in total. The topological polar surface area (TPSA) is 58.6 Å². The molecule has 4 heteroatoms. The van der Waals surface area contributed by atoms with E-state index < -0.39 is 12.0 Å². The molecule has 1 aliphatic rings. The molecule has 0 fully saturated rings. The summed E-state index contributed by atoms with van der Waals surface area (Å²) in [5.41, 5.74) is 1.85. The Bertz CT molecular complexity index is 428. The first-order chi connectivity index (χ1) is 7.70. The van der Waals surface area contributed by atoms with Gasteiger partial charge in [0.15, 0.2) is 0 Å². The molecule has 0 aliphatic carbocycles. The lowest BCUT2D eigenvalue weighted by Gasteiger charge is -2.05. The maximum Gasteiger partial charge on any atom is 0.326 e. The summed E-state index contributed by atoms with van der Waals surface area (Å²) in [6.07, 6.45) is 2.17. The summed E-state index contributed by atoms with van der Waals surface area (Å²) in [6.45, 7) is 4.02. The maximum absolute atomic E-state index is 10.8. The van der Waals surface area contributed by atoms with E-state index in [0.717, 1.165) is 17.0 Å². The van der Waals surface area contributed by atoms with Crippen LogP contribution in [0, 0.1) is 0 Å². The third kappa shape index (κ3) is 2.00. The van der Waals surface area contributed by atoms with Crippen LogP contribution in [-0.4, -0.2) is 23.7 Å². The fourth-order valence-electron chi connectivity index (χ4n) is 1.73. The second kappa shape index (κ2) is 4.26. The van der Waals surface area contributed by atoms with Crippen molar-refractivity contribution in [2.24, 2.45) is 0 Å². The smallest absolute Gasteiger partial charge is 0.326 e. The number of carbonyl (C=O) groups is 1. The van der Waals surface area contributed by atoms with E-state index in [1.807, 2.05) is 18.2 Å². The van der Waals surface area contributed by atoms with E-state index in [9.17, 15) is 4.79 Å². The van der Waals surface area contributed by atoms with Crippen LogP contribution in [0.3, 0.4) is 0 Å². The summed E-state index contributed by atoms with van der Waals surface area (Å²) in [7, 11) is 0. The summed E-state index contributed by atoms with van der Waals surface area (Å²) in [5.74, 6) is -0.0868. The van der Waals surface area contributed by atoms with Crippen LogP contribution < -0.4 is 10.1 Å². The zero-order valence-corrected chi connectivity index (χ0v) is 8.77. The first-order valence-corrected chi connectivity index (χ1v) is 5.06. The summed E-state index contributed by atoms with van der Waals surface area (Å²) >= 11 is 0. The molecule has 0 radical (unpaired) electrons. The van der Waals surface area contributed by atoms with Gasteiger partial charge in [-0.25, -0.2) is 4.79 Å². The van der Waals surface area contributed by atoms with Gasteiger partial charge in [-0.3, -0.25) is 0 Å². The van der Waals surface area contributed by atoms with E-state index in [2.05, 4.69) is 11.9 Å². The summed E-state index contributed by atoms with van der Waals surface area (Å²) < 4.78 is 5.38. The average molecular weight is 219 g/mol. The van der Waals surface area contributed by atoms with Crippen LogP contribution in [0.5, 0.6) is 5.75 Å². The third-order valence-corrected chi connectivity index (χ3v) is 2.50. The SMILES string of the molecule is C=CCOc1ccc2c(c1)CC(C(=O)O)N2. The minimum atomic E-state index is -0.829. The van der Waals surface area contributed by atoms with Crippen LogP contribution in [0.15, 0.2) is 30.9 Å². The summed E-state index contributed by atoms with van der Waals surface area (Å²) in [5, 5.41) is 11.8. The van der Waals surface area contributed by atoms with E-state index in [1.165, 1.54) is 0 Å². The van der Waals surface area contributed by atoms with E-state index in [-0.39, 0.29) is 0 Å². The molecule has 0 saturated carbocycles. The number of anilines is 1. The molecule has 1 atom stereocenters. The lowest BCUT2D eigenvalue weighted by Crippen LogP contribution is -2.26. The quantitative estimate of drug-likeness (QED) is 0.756. The van der Waals surface area contributed by atoms with Crippen molar-refractivity contribution in [2.45, 2.75) is 12.5 Å². The first-order valence-electron chi connectivity index (χ1n) is 5.06. The standard InChI is InChI=1S/C12H13NO3/c1-2-5-16-9-3-4-10-8(6-9)7-11(13-10)12(14)15/h2-4,6,11,13H,1,5,7H2,(H,14,15). The Hall–Kier alpha value is -1.97. The number of aliphatic carboxylic acids is 1. The molecule has 1 heterocycles. The van der Waals surface area contributed by atoms with Gasteiger partial charge < -0.3 is 15.2 Å². The Morgan fingerprint density at radius 3 is 3.19 bits per heavy atom. The molecule has 4 nitrogen and oxygen atoms in total. The lowest BCUT2D eigenvalue weighted by molar-refractivity contribution is -0.137. The average Bonchev–Trinajstić information content (AvgIpc) is 2.69. The van der Waals surface area contributed by atoms with Gasteiger partial charge in [0.1, 0.15) is 18.4 Å². The second-order valence-corrected chi connectivity index (χ2v) is 3.66. The molecular formula is C12H13NO3. The highest BCUT2D eigenvalue weighted by Gasteiger charge is 2.26. The Labute approximate surface area is 93.5 Å². The minimum absolute atomic E-state index is 0.453. The zero-order chi connectivity index (χ0) is 11.5. The summed E-state index contributed by atoms with van der Waals surface area (Å²) in [6, 6.07) is 5.01. The van der Waals surface area contributed by atoms with E-state index >= 15 is 0 Å². The maximum atomic E-state index is 10.8. The summed E-state index contributed by atoms with van der Waals surface area (Å²) in [4.78, 5) is 10.8. The van der Waals surface area contributed by atoms with Crippen molar-refractivity contribution >= 4 is 11.7 Å². The molecule has 0 amide bonds. The van der Waals surface area contributed by atoms with Gasteiger partial charge in [0.2, 0.25) is 0 Å². The van der Waals surface area contributed by atoms with Crippen LogP contribution in [-0.2, 0) is 11.2 Å². The Balaban J connectivity index is 2.14. The van der Waals surface area contributed by atoms with Crippen LogP contribution in [0.2, 0.25) is 0 Å². The highest BCUT2D eigenvalue weighted by Crippen LogP contribution is 2.29. The largest absolute Gasteiger partial charge is 0.490 e. The first kappa shape index (κ1) is 10.5. The number of fused-ring (bicyclic) bond motifs is 1. The molecule has 0 saturated heterocycles. The van der Waals surface area contributed by atoms with E-state index in [1.54, 1.807) is 6.08 Å². The lowest BCUT2D eigenvalue weighted by atomic mass is 10.1. The van der Waals surface area contributed by atoms with Crippen LogP contribution in [0.25, 0.3) is 0 Å². The fraction of sp³-hybridized carbons (Fsp3) is 0.250. The van der Waals surface area contributed by atoms with Crippen LogP contribution >= 0.6 is 0 Å². The molecule has 1 unspecified atom stereocenters. The van der Waals surface area contributed by atoms with Crippen LogP contribution in [0.1, 0.15) is 5.56 Å². The third-order valence-electron chi connectivity index (χ3n) is 2.50. The number of ether oxygens (including phenoxy) is 1. The van der Waals surface area contributed by atoms with Crippen molar-refractivity contribution in [2.75, 3.05) is 11.9 Å². The van der Waals surface area contributed by atoms with Gasteiger partial charge in [-0.1, -0.05) is 12.7 Å². The van der Waals surface area contributed by atoms with Crippen molar-refractivity contribution < 1.29 is 14.6 Å². The molecule has 0 spiro atoms. The molecule has 2 rings (SSSR count). The molecule has 0 bridgehead atoms. The molecule has 16 heavy (non-hydrogen) atoms. The highest BCUT2D eigenvalue weighted by molar-refractivity contribution is 5.81. The Kier molecular flexibility index (Phi) is 2.81. The number of carboxylic acid groups (broad SMARTS) is 1. The molecule has 0 aromatic heterocycles. The zero-order valence-electron chi connectivity index (χ0n) is 8.77. The number of nitrogens with one attached hydrogen (secondary N) is 1. The van der Waals surface area contributed by atoms with Crippen molar-refractivity contribution in [3.8, 4) is 5.75 Å². The van der Waals surface area contributed by atoms with E-state index in [4.69, 9.17) is 9.84 Å². The molecular weight excluding hydrogens is 206 g/mol. The second-order valence-electron chi connectivity index (χ2n) is 3.66. The predicted molar refractivity (Wildman–Crippen MR) is 60.9 cm³/mol. The fourth-order valence-corrected chi connectivity index (χ4v) is 1.73. The van der Waals surface area contributed by atoms with Gasteiger partial charge in [0.25, 0.3) is 0 Å². The van der Waals surface area contributed by atoms with Crippen molar-refractivity contribution in [1.29, 1.82) is 0 Å². The number of benzene rings is 1. The molecule has 1 aromatic carbocycles. The number of rotatable bonds is 4. The molecule has 1 aliphatic heterocycles. The van der Waals surface area contributed by atoms with Gasteiger partial charge in [-0.15, -0.1) is 0 Å². The monoisotopic (exact) mass is 219 g/mol. The van der Waals surface area contributed by atoms with Gasteiger partial charge >= 0.3 is 5.97 Å². The van der Waals surface area contributed by atoms with Gasteiger partial charge in [0, 0.05) is 12.1 Å². The van der Waals surface area contributed by atoms with Gasteiger partial charge in [-0.2, -0.15) is 0 Å². The predicted octanol–water partition coefficient (Wildman–Crippen LogP) is 1.67. The molecule has 84 valence electrons.